The Morgan fingerprint density at radius 3 is 2.48 bits per heavy atom. The summed E-state index contributed by atoms with van der Waals surface area (Å²) in [6.07, 6.45) is 0.601. The van der Waals surface area contributed by atoms with Crippen LogP contribution in [-0.2, 0) is 12.8 Å². The smallest absolute Gasteiger partial charge is 0.256 e. The summed E-state index contributed by atoms with van der Waals surface area (Å²) in [4.78, 5) is 24.2. The van der Waals surface area contributed by atoms with Crippen molar-refractivity contribution < 1.29 is 14.1 Å². The monoisotopic (exact) mass is 286 g/mol. The number of hydrogen-bond acceptors (Lipinski definition) is 4. The molecule has 1 aromatic heterocycles. The summed E-state index contributed by atoms with van der Waals surface area (Å²) in [5.41, 5.74) is 2.63. The molecule has 2 rings (SSSR count). The fourth-order valence-electron chi connectivity index (χ4n) is 2.09. The number of Topliss-reactive ketones (excluding diaryl/α,β-unsaturated/α-hetero) is 1. The lowest BCUT2D eigenvalue weighted by Gasteiger charge is -2.02. The second kappa shape index (κ2) is 6.35. The maximum absolute atomic E-state index is 12.3. The number of rotatable bonds is 5. The first kappa shape index (κ1) is 15.0. The van der Waals surface area contributed by atoms with E-state index in [2.05, 4.69) is 10.5 Å². The highest BCUT2D eigenvalue weighted by molar-refractivity contribution is 6.01. The minimum Gasteiger partial charge on any atom is -0.360 e. The highest BCUT2D eigenvalue weighted by atomic mass is 16.5. The van der Waals surface area contributed by atoms with Gasteiger partial charge in [-0.05, 0) is 13.3 Å². The molecule has 0 aliphatic heterocycles. The Bertz CT molecular complexity index is 657. The van der Waals surface area contributed by atoms with Crippen LogP contribution in [0.15, 0.2) is 28.8 Å². The zero-order valence-corrected chi connectivity index (χ0v) is 12.4. The number of carbonyl (C=O) groups excluding carboxylic acids is 2. The summed E-state index contributed by atoms with van der Waals surface area (Å²) in [5, 5.41) is 6.43. The minimum atomic E-state index is -0.278. The summed E-state index contributed by atoms with van der Waals surface area (Å²) in [6, 6.07) is 7.30. The van der Waals surface area contributed by atoms with Crippen molar-refractivity contribution in [1.29, 1.82) is 0 Å². The van der Waals surface area contributed by atoms with Crippen LogP contribution in [0.1, 0.15) is 44.7 Å². The molecule has 1 heterocycles. The van der Waals surface area contributed by atoms with Gasteiger partial charge in [0.2, 0.25) is 0 Å². The lowest BCUT2D eigenvalue weighted by molar-refractivity contribution is 0.0959. The summed E-state index contributed by atoms with van der Waals surface area (Å²) in [5.74, 6) is -0.0597. The quantitative estimate of drug-likeness (QED) is 0.856. The van der Waals surface area contributed by atoms with E-state index in [9.17, 15) is 9.59 Å². The van der Waals surface area contributed by atoms with Crippen molar-refractivity contribution in [3.63, 3.8) is 0 Å². The summed E-state index contributed by atoms with van der Waals surface area (Å²) in [6.45, 7) is 3.85. The van der Waals surface area contributed by atoms with Crippen LogP contribution in [-0.4, -0.2) is 23.9 Å². The van der Waals surface area contributed by atoms with E-state index in [1.807, 2.05) is 26.0 Å². The number of ketones is 1. The average molecular weight is 286 g/mol. The third-order valence-electron chi connectivity index (χ3n) is 3.32. The largest absolute Gasteiger partial charge is 0.360 e. The lowest BCUT2D eigenvalue weighted by atomic mass is 10.0. The molecular formula is C16H18N2O3. The molecule has 0 bridgehead atoms. The molecule has 5 heteroatoms. The fraction of sp³-hybridized carbons (Fsp3) is 0.312. The predicted octanol–water partition coefficient (Wildman–Crippen LogP) is 2.33. The molecule has 0 aliphatic rings. The number of aryl methyl sites for hydroxylation is 2. The van der Waals surface area contributed by atoms with Gasteiger partial charge in [0.15, 0.2) is 11.5 Å². The van der Waals surface area contributed by atoms with Crippen molar-refractivity contribution in [2.45, 2.75) is 26.7 Å². The normalized spacial score (nSPS) is 10.4. The topological polar surface area (TPSA) is 72.2 Å². The van der Waals surface area contributed by atoms with E-state index >= 15 is 0 Å². The first-order valence-electron chi connectivity index (χ1n) is 6.86. The molecule has 1 amide bonds. The lowest BCUT2D eigenvalue weighted by Crippen LogP contribution is -2.21. The van der Waals surface area contributed by atoms with Crippen LogP contribution in [0, 0.1) is 6.92 Å². The number of amides is 1. The predicted molar refractivity (Wildman–Crippen MR) is 78.5 cm³/mol. The molecule has 21 heavy (non-hydrogen) atoms. The Morgan fingerprint density at radius 1 is 1.24 bits per heavy atom. The molecule has 2 aromatic rings. The maximum Gasteiger partial charge on any atom is 0.256 e. The van der Waals surface area contributed by atoms with Crippen molar-refractivity contribution in [3.05, 3.63) is 52.4 Å². The van der Waals surface area contributed by atoms with Crippen LogP contribution in [0.3, 0.4) is 0 Å². The Morgan fingerprint density at radius 2 is 1.90 bits per heavy atom. The van der Waals surface area contributed by atoms with Crippen molar-refractivity contribution >= 4 is 11.7 Å². The van der Waals surface area contributed by atoms with E-state index in [4.69, 9.17) is 4.52 Å². The van der Waals surface area contributed by atoms with Crippen LogP contribution in [0.2, 0.25) is 0 Å². The van der Waals surface area contributed by atoms with E-state index < -0.39 is 0 Å². The molecule has 0 unspecified atom stereocenters. The highest BCUT2D eigenvalue weighted by Crippen LogP contribution is 2.17. The van der Waals surface area contributed by atoms with Gasteiger partial charge in [0.25, 0.3) is 5.91 Å². The van der Waals surface area contributed by atoms with Crippen molar-refractivity contribution in [2.24, 2.45) is 0 Å². The molecule has 110 valence electrons. The molecule has 5 nitrogen and oxygen atoms in total. The molecule has 0 saturated heterocycles. The first-order chi connectivity index (χ1) is 10.1. The number of aromatic nitrogens is 1. The molecule has 1 N–H and O–H groups in total. The molecule has 0 spiro atoms. The van der Waals surface area contributed by atoms with Crippen molar-refractivity contribution in [2.75, 3.05) is 7.05 Å². The van der Waals surface area contributed by atoms with Gasteiger partial charge in [-0.3, -0.25) is 9.59 Å². The van der Waals surface area contributed by atoms with Gasteiger partial charge in [-0.25, -0.2) is 0 Å². The SMILES string of the molecule is CCc1noc(CC(=O)c2ccc(C)cc2)c1C(=O)NC. The van der Waals surface area contributed by atoms with E-state index in [1.54, 1.807) is 19.2 Å². The van der Waals surface area contributed by atoms with Gasteiger partial charge in [0, 0.05) is 12.6 Å². The van der Waals surface area contributed by atoms with Crippen molar-refractivity contribution in [1.82, 2.24) is 10.5 Å². The standard InChI is InChI=1S/C16H18N2O3/c1-4-12-15(16(20)17-3)14(21-18-12)9-13(19)11-7-5-10(2)6-8-11/h5-8H,4,9H2,1-3H3,(H,17,20). The minimum absolute atomic E-state index is 0.0266. The van der Waals surface area contributed by atoms with Gasteiger partial charge in [-0.2, -0.15) is 0 Å². The van der Waals surface area contributed by atoms with Crippen molar-refractivity contribution in [3.8, 4) is 0 Å². The zero-order valence-electron chi connectivity index (χ0n) is 12.4. The van der Waals surface area contributed by atoms with Crippen LogP contribution < -0.4 is 5.32 Å². The number of nitrogens with one attached hydrogen (secondary N) is 1. The highest BCUT2D eigenvalue weighted by Gasteiger charge is 2.23. The summed E-state index contributed by atoms with van der Waals surface area (Å²) >= 11 is 0. The molecule has 0 fully saturated rings. The number of benzene rings is 1. The Kier molecular flexibility index (Phi) is 4.52. The van der Waals surface area contributed by atoms with Crippen LogP contribution in [0.5, 0.6) is 0 Å². The van der Waals surface area contributed by atoms with Crippen LogP contribution in [0.25, 0.3) is 0 Å². The molecule has 0 aliphatic carbocycles. The first-order valence-corrected chi connectivity index (χ1v) is 6.86. The van der Waals surface area contributed by atoms with Crippen LogP contribution >= 0.6 is 0 Å². The van der Waals surface area contributed by atoms with Gasteiger partial charge in [-0.1, -0.05) is 41.9 Å². The van der Waals surface area contributed by atoms with Gasteiger partial charge < -0.3 is 9.84 Å². The Hall–Kier alpha value is -2.43. The molecule has 1 aromatic carbocycles. The van der Waals surface area contributed by atoms with Crippen LogP contribution in [0.4, 0.5) is 0 Å². The Labute approximate surface area is 123 Å². The second-order valence-electron chi connectivity index (χ2n) is 4.83. The molecule has 0 saturated carbocycles. The summed E-state index contributed by atoms with van der Waals surface area (Å²) in [7, 11) is 1.54. The van der Waals surface area contributed by atoms with Gasteiger partial charge in [0.1, 0.15) is 5.56 Å². The third kappa shape index (κ3) is 3.18. The van der Waals surface area contributed by atoms with E-state index in [0.717, 1.165) is 5.56 Å². The van der Waals surface area contributed by atoms with E-state index in [1.165, 1.54) is 0 Å². The molecule has 0 radical (unpaired) electrons. The fourth-order valence-corrected chi connectivity index (χ4v) is 2.09. The zero-order chi connectivity index (χ0) is 15.4. The Balaban J connectivity index is 2.27. The van der Waals surface area contributed by atoms with Gasteiger partial charge in [-0.15, -0.1) is 0 Å². The second-order valence-corrected chi connectivity index (χ2v) is 4.83. The third-order valence-corrected chi connectivity index (χ3v) is 3.32. The van der Waals surface area contributed by atoms with E-state index in [0.29, 0.717) is 29.0 Å². The van der Waals surface area contributed by atoms with E-state index in [-0.39, 0.29) is 18.1 Å². The number of nitrogens with zero attached hydrogens (tertiary/aromatic N) is 1. The number of carbonyl (C=O) groups is 2. The molecular weight excluding hydrogens is 268 g/mol. The van der Waals surface area contributed by atoms with Gasteiger partial charge in [0.05, 0.1) is 12.1 Å². The number of hydrogen-bond donors (Lipinski definition) is 1. The van der Waals surface area contributed by atoms with Gasteiger partial charge >= 0.3 is 0 Å². The molecule has 0 atom stereocenters. The average Bonchev–Trinajstić information content (AvgIpc) is 2.89. The maximum atomic E-state index is 12.3. The summed E-state index contributed by atoms with van der Waals surface area (Å²) < 4.78 is 5.19.